The van der Waals surface area contributed by atoms with Crippen molar-refractivity contribution >= 4 is 22.5 Å². The van der Waals surface area contributed by atoms with E-state index in [-0.39, 0.29) is 5.56 Å². The van der Waals surface area contributed by atoms with Crippen LogP contribution in [0.4, 0.5) is 4.39 Å². The van der Waals surface area contributed by atoms with Crippen LogP contribution in [0.25, 0.3) is 10.9 Å². The van der Waals surface area contributed by atoms with Crippen molar-refractivity contribution in [3.63, 3.8) is 0 Å². The second-order valence-electron chi connectivity index (χ2n) is 5.06. The van der Waals surface area contributed by atoms with Crippen molar-refractivity contribution in [3.8, 4) is 5.75 Å². The molecule has 0 saturated heterocycles. The van der Waals surface area contributed by atoms with Gasteiger partial charge < -0.3 is 4.74 Å². The summed E-state index contributed by atoms with van der Waals surface area (Å²) in [4.78, 5) is 16.4. The molecule has 0 aliphatic rings. The van der Waals surface area contributed by atoms with Gasteiger partial charge in [0.2, 0.25) is 0 Å². The van der Waals surface area contributed by atoms with Crippen molar-refractivity contribution in [2.24, 2.45) is 0 Å². The molecule has 118 valence electrons. The van der Waals surface area contributed by atoms with Crippen molar-refractivity contribution < 1.29 is 9.13 Å². The Labute approximate surface area is 137 Å². The van der Waals surface area contributed by atoms with E-state index in [0.29, 0.717) is 35.5 Å². The molecule has 1 aromatic heterocycles. The number of rotatable bonds is 5. The third-order valence-corrected chi connectivity index (χ3v) is 3.66. The summed E-state index contributed by atoms with van der Waals surface area (Å²) in [6.07, 6.45) is 2.09. The summed E-state index contributed by atoms with van der Waals surface area (Å²) in [6, 6.07) is 11.1. The van der Waals surface area contributed by atoms with Crippen LogP contribution in [0.3, 0.4) is 0 Å². The topological polar surface area (TPSA) is 44.1 Å². The lowest BCUT2D eigenvalue weighted by molar-refractivity contribution is 0.301. The van der Waals surface area contributed by atoms with Gasteiger partial charge in [0.05, 0.1) is 23.8 Å². The molecule has 4 nitrogen and oxygen atoms in total. The van der Waals surface area contributed by atoms with Crippen LogP contribution >= 0.6 is 11.6 Å². The Morgan fingerprint density at radius 3 is 2.74 bits per heavy atom. The Hall–Kier alpha value is -2.40. The molecule has 0 N–H and O–H groups in total. The number of hydrogen-bond acceptors (Lipinski definition) is 3. The molecule has 0 saturated carbocycles. The highest BCUT2D eigenvalue weighted by molar-refractivity contribution is 6.30. The van der Waals surface area contributed by atoms with Gasteiger partial charge in [-0.15, -0.1) is 0 Å². The Morgan fingerprint density at radius 1 is 1.17 bits per heavy atom. The van der Waals surface area contributed by atoms with Crippen LogP contribution in [0, 0.1) is 5.82 Å². The van der Waals surface area contributed by atoms with E-state index in [1.807, 2.05) is 0 Å². The second-order valence-corrected chi connectivity index (χ2v) is 5.50. The van der Waals surface area contributed by atoms with Crippen LogP contribution in [0.1, 0.15) is 6.42 Å². The summed E-state index contributed by atoms with van der Waals surface area (Å²) in [5, 5.41) is 1.06. The zero-order valence-electron chi connectivity index (χ0n) is 12.2. The van der Waals surface area contributed by atoms with Crippen LogP contribution in [-0.2, 0) is 6.54 Å². The molecule has 0 unspecified atom stereocenters. The highest BCUT2D eigenvalue weighted by Gasteiger charge is 2.05. The van der Waals surface area contributed by atoms with E-state index >= 15 is 0 Å². The van der Waals surface area contributed by atoms with E-state index in [1.165, 1.54) is 29.1 Å². The van der Waals surface area contributed by atoms with Gasteiger partial charge in [0, 0.05) is 17.6 Å². The summed E-state index contributed by atoms with van der Waals surface area (Å²) >= 11 is 5.80. The van der Waals surface area contributed by atoms with E-state index in [4.69, 9.17) is 16.3 Å². The first-order valence-electron chi connectivity index (χ1n) is 7.16. The molecule has 0 aliphatic heterocycles. The largest absolute Gasteiger partial charge is 0.494 e. The Bertz CT molecular complexity index is 878. The summed E-state index contributed by atoms with van der Waals surface area (Å²) < 4.78 is 20.2. The van der Waals surface area contributed by atoms with Gasteiger partial charge in [-0.2, -0.15) is 0 Å². The van der Waals surface area contributed by atoms with Crippen LogP contribution in [0.15, 0.2) is 53.6 Å². The molecule has 0 atom stereocenters. The van der Waals surface area contributed by atoms with Gasteiger partial charge in [0.25, 0.3) is 5.56 Å². The maximum Gasteiger partial charge on any atom is 0.261 e. The number of nitrogens with zero attached hydrogens (tertiary/aromatic N) is 2. The van der Waals surface area contributed by atoms with Crippen molar-refractivity contribution in [2.45, 2.75) is 13.0 Å². The molecule has 0 spiro atoms. The highest BCUT2D eigenvalue weighted by atomic mass is 35.5. The van der Waals surface area contributed by atoms with Gasteiger partial charge in [-0.05, 0) is 42.8 Å². The summed E-state index contributed by atoms with van der Waals surface area (Å²) in [6.45, 7) is 0.947. The molecule has 0 fully saturated rings. The van der Waals surface area contributed by atoms with Gasteiger partial charge in [0.1, 0.15) is 11.6 Å². The lowest BCUT2D eigenvalue weighted by Crippen LogP contribution is -2.21. The first-order valence-corrected chi connectivity index (χ1v) is 7.54. The van der Waals surface area contributed by atoms with E-state index in [1.54, 1.807) is 24.3 Å². The summed E-state index contributed by atoms with van der Waals surface area (Å²) in [5.41, 5.74) is 0.185. The van der Waals surface area contributed by atoms with Crippen LogP contribution in [-0.4, -0.2) is 16.2 Å². The SMILES string of the molecule is O=c1c2ccc(F)cc2ncn1CCCOc1ccc(Cl)cc1. The lowest BCUT2D eigenvalue weighted by Gasteiger charge is -2.08. The van der Waals surface area contributed by atoms with Gasteiger partial charge >= 0.3 is 0 Å². The van der Waals surface area contributed by atoms with Gasteiger partial charge in [-0.25, -0.2) is 9.37 Å². The predicted molar refractivity (Wildman–Crippen MR) is 87.5 cm³/mol. The molecule has 3 aromatic rings. The number of halogens is 2. The highest BCUT2D eigenvalue weighted by Crippen LogP contribution is 2.15. The van der Waals surface area contributed by atoms with Crippen LogP contribution < -0.4 is 10.3 Å². The van der Waals surface area contributed by atoms with Crippen molar-refractivity contribution in [1.82, 2.24) is 9.55 Å². The minimum atomic E-state index is -0.404. The summed E-state index contributed by atoms with van der Waals surface area (Å²) in [7, 11) is 0. The molecule has 0 bridgehead atoms. The van der Waals surface area contributed by atoms with Crippen LogP contribution in [0.2, 0.25) is 5.02 Å². The fourth-order valence-corrected chi connectivity index (χ4v) is 2.37. The van der Waals surface area contributed by atoms with Crippen molar-refractivity contribution in [2.75, 3.05) is 6.61 Å². The third-order valence-electron chi connectivity index (χ3n) is 3.41. The standard InChI is InChI=1S/C17H14ClFN2O2/c18-12-2-5-14(6-3-12)23-9-1-8-21-11-20-16-10-13(19)4-7-15(16)17(21)22/h2-7,10-11H,1,8-9H2. The number of ether oxygens (including phenoxy) is 1. The molecule has 1 heterocycles. The zero-order valence-corrected chi connectivity index (χ0v) is 13.0. The Morgan fingerprint density at radius 2 is 1.96 bits per heavy atom. The number of aromatic nitrogens is 2. The number of fused-ring (bicyclic) bond motifs is 1. The van der Waals surface area contributed by atoms with E-state index in [0.717, 1.165) is 5.75 Å². The van der Waals surface area contributed by atoms with Crippen molar-refractivity contribution in [3.05, 3.63) is 70.0 Å². The molecule has 0 aliphatic carbocycles. The number of aryl methyl sites for hydroxylation is 1. The fraction of sp³-hybridized carbons (Fsp3) is 0.176. The fourth-order valence-electron chi connectivity index (χ4n) is 2.25. The third kappa shape index (κ3) is 3.68. The molecular weight excluding hydrogens is 319 g/mol. The monoisotopic (exact) mass is 332 g/mol. The zero-order chi connectivity index (χ0) is 16.2. The molecule has 23 heavy (non-hydrogen) atoms. The van der Waals surface area contributed by atoms with E-state index < -0.39 is 5.82 Å². The Balaban J connectivity index is 1.63. The molecule has 0 amide bonds. The second kappa shape index (κ2) is 6.79. The predicted octanol–water partition coefficient (Wildman–Crippen LogP) is 3.66. The average molecular weight is 333 g/mol. The molecule has 3 rings (SSSR count). The quantitative estimate of drug-likeness (QED) is 0.670. The molecule has 6 heteroatoms. The average Bonchev–Trinajstić information content (AvgIpc) is 2.55. The molecule has 0 radical (unpaired) electrons. The van der Waals surface area contributed by atoms with Gasteiger partial charge in [-0.1, -0.05) is 11.6 Å². The van der Waals surface area contributed by atoms with Gasteiger partial charge in [-0.3, -0.25) is 9.36 Å². The minimum absolute atomic E-state index is 0.179. The summed E-state index contributed by atoms with van der Waals surface area (Å²) in [5.74, 6) is 0.326. The van der Waals surface area contributed by atoms with E-state index in [2.05, 4.69) is 4.98 Å². The minimum Gasteiger partial charge on any atom is -0.494 e. The van der Waals surface area contributed by atoms with Gasteiger partial charge in [0.15, 0.2) is 0 Å². The Kier molecular flexibility index (Phi) is 4.57. The maximum atomic E-state index is 13.1. The first-order chi connectivity index (χ1) is 11.1. The number of hydrogen-bond donors (Lipinski definition) is 0. The first kappa shape index (κ1) is 15.5. The normalized spacial score (nSPS) is 10.9. The molecule has 2 aromatic carbocycles. The van der Waals surface area contributed by atoms with Crippen LogP contribution in [0.5, 0.6) is 5.75 Å². The number of benzene rings is 2. The molecular formula is C17H14ClFN2O2. The smallest absolute Gasteiger partial charge is 0.261 e. The van der Waals surface area contributed by atoms with Crippen molar-refractivity contribution in [1.29, 1.82) is 0 Å². The maximum absolute atomic E-state index is 13.1. The van der Waals surface area contributed by atoms with E-state index in [9.17, 15) is 9.18 Å². The lowest BCUT2D eigenvalue weighted by atomic mass is 10.2.